The molecule has 0 heteroatoms. The number of hydrogen-bond donors (Lipinski definition) is 0. The van der Waals surface area contributed by atoms with Crippen LogP contribution in [0.5, 0.6) is 0 Å². The zero-order valence-corrected chi connectivity index (χ0v) is 18.3. The molecule has 0 amide bonds. The lowest BCUT2D eigenvalue weighted by molar-refractivity contribution is 0.511. The first kappa shape index (κ1) is 33.6. The van der Waals surface area contributed by atoms with Crippen molar-refractivity contribution in [2.45, 2.75) is 165 Å². The predicted octanol–water partition coefficient (Wildman–Crippen LogP) is 11.0. The third-order valence-electron chi connectivity index (χ3n) is 4.84. The van der Waals surface area contributed by atoms with Gasteiger partial charge in [0, 0.05) is 0 Å². The molecule has 0 aliphatic heterocycles. The van der Waals surface area contributed by atoms with Crippen molar-refractivity contribution in [2.75, 3.05) is 0 Å². The van der Waals surface area contributed by atoms with Crippen LogP contribution in [-0.4, -0.2) is 0 Å². The third kappa shape index (κ3) is 39.2. The lowest BCUT2D eigenvalue weighted by atomic mass is 10.0. The zero-order valence-electron chi connectivity index (χ0n) is 18.3. The molecule has 0 aliphatic rings. The van der Waals surface area contributed by atoms with Gasteiger partial charge in [0.1, 0.15) is 0 Å². The maximum absolute atomic E-state index is 2.32. The predicted molar refractivity (Wildman–Crippen MR) is 128 cm³/mol. The van der Waals surface area contributed by atoms with Crippen LogP contribution in [0.2, 0.25) is 0 Å². The van der Waals surface area contributed by atoms with E-state index in [1.807, 2.05) is 0 Å². The van der Waals surface area contributed by atoms with Crippen molar-refractivity contribution in [3.63, 3.8) is 0 Å². The lowest BCUT2D eigenvalue weighted by Gasteiger charge is -2.03. The van der Waals surface area contributed by atoms with Gasteiger partial charge in [0.25, 0.3) is 0 Å². The van der Waals surface area contributed by atoms with E-state index < -0.39 is 0 Å². The highest BCUT2D eigenvalue weighted by Gasteiger charge is 1.94. The van der Waals surface area contributed by atoms with E-state index in [1.165, 1.54) is 116 Å². The van der Waals surface area contributed by atoms with Crippen molar-refractivity contribution in [2.24, 2.45) is 5.92 Å². The van der Waals surface area contributed by atoms with Crippen molar-refractivity contribution < 1.29 is 0 Å². The van der Waals surface area contributed by atoms with Crippen LogP contribution in [-0.2, 0) is 0 Å². The highest BCUT2D eigenvalue weighted by Crippen LogP contribution is 2.12. The van der Waals surface area contributed by atoms with Crippen molar-refractivity contribution in [1.29, 1.82) is 0 Å². The molecule has 0 aliphatic carbocycles. The minimum absolute atomic E-state index is 0. The van der Waals surface area contributed by atoms with E-state index in [4.69, 9.17) is 0 Å². The van der Waals surface area contributed by atoms with Crippen molar-refractivity contribution >= 4 is 0 Å². The van der Waals surface area contributed by atoms with E-state index in [0.29, 0.717) is 0 Å². The van der Waals surface area contributed by atoms with Gasteiger partial charge in [-0.1, -0.05) is 165 Å². The summed E-state index contributed by atoms with van der Waals surface area (Å²) in [6.07, 6.45) is 26.0. The Morgan fingerprint density at radius 2 is 0.615 bits per heavy atom. The average Bonchev–Trinajstić information content (AvgIpc) is 2.57. The van der Waals surface area contributed by atoms with Crippen LogP contribution in [0, 0.1) is 5.92 Å². The summed E-state index contributed by atoms with van der Waals surface area (Å²) in [4.78, 5) is 0. The van der Waals surface area contributed by atoms with E-state index in [0.717, 1.165) is 5.92 Å². The summed E-state index contributed by atoms with van der Waals surface area (Å²) >= 11 is 0. The van der Waals surface area contributed by atoms with Gasteiger partial charge in [-0.15, -0.1) is 0 Å². The van der Waals surface area contributed by atoms with Crippen LogP contribution >= 0.6 is 0 Å². The molecule has 0 rings (SSSR count). The Bertz CT molecular complexity index is 172. The Hall–Kier alpha value is 0. The number of unbranched alkanes of at least 4 members (excludes halogenated alkanes) is 15. The molecule has 0 unspecified atom stereocenters. The molecular formula is C26H60. The van der Waals surface area contributed by atoms with Crippen LogP contribution < -0.4 is 0 Å². The smallest absolute Gasteiger partial charge is 0.0471 e. The fourth-order valence-corrected chi connectivity index (χ4v) is 3.07. The van der Waals surface area contributed by atoms with Gasteiger partial charge in [0.2, 0.25) is 0 Å². The molecular weight excluding hydrogens is 312 g/mol. The Balaban J connectivity index is -0.000000173. The van der Waals surface area contributed by atoms with Crippen molar-refractivity contribution in [3.8, 4) is 0 Å². The van der Waals surface area contributed by atoms with Crippen molar-refractivity contribution in [3.05, 3.63) is 0 Å². The molecule has 0 radical (unpaired) electrons. The van der Waals surface area contributed by atoms with Gasteiger partial charge in [0.15, 0.2) is 0 Å². The molecule has 0 aromatic heterocycles. The highest BCUT2D eigenvalue weighted by molar-refractivity contribution is 4.48. The van der Waals surface area contributed by atoms with Gasteiger partial charge in [-0.2, -0.15) is 0 Å². The molecule has 0 aromatic carbocycles. The van der Waals surface area contributed by atoms with Crippen LogP contribution in [0.3, 0.4) is 0 Å². The Kier molecular flexibility index (Phi) is 42.2. The summed E-state index contributed by atoms with van der Waals surface area (Å²) in [6.45, 7) is 11.5. The van der Waals surface area contributed by atoms with Gasteiger partial charge in [-0.3, -0.25) is 0 Å². The van der Waals surface area contributed by atoms with Crippen molar-refractivity contribution in [1.82, 2.24) is 0 Å². The average molecular weight is 373 g/mol. The zero-order chi connectivity index (χ0) is 18.3. The first-order valence-corrected chi connectivity index (χ1v) is 11.7. The molecule has 0 fully saturated rings. The van der Waals surface area contributed by atoms with Crippen LogP contribution in [0.1, 0.15) is 165 Å². The van der Waals surface area contributed by atoms with E-state index in [9.17, 15) is 0 Å². The topological polar surface area (TPSA) is 0 Å². The molecule has 0 spiro atoms. The molecule has 0 saturated carbocycles. The second-order valence-corrected chi connectivity index (χ2v) is 8.13. The van der Waals surface area contributed by atoms with Gasteiger partial charge in [-0.25, -0.2) is 0 Å². The first-order valence-electron chi connectivity index (χ1n) is 11.7. The number of rotatable bonds is 17. The van der Waals surface area contributed by atoms with Crippen LogP contribution in [0.25, 0.3) is 0 Å². The monoisotopic (exact) mass is 372 g/mol. The van der Waals surface area contributed by atoms with E-state index >= 15 is 0 Å². The minimum Gasteiger partial charge on any atom is -0.0776 e. The highest BCUT2D eigenvalue weighted by atomic mass is 14.0. The molecule has 0 atom stereocenters. The standard InChI is InChI=1S/2C12H26.2CH4/c1-4-5-6-7-8-9-10-11-12(2)3;1-3-5-7-9-11-12-10-8-6-4-2;;/h12H,4-11H2,1-3H3;3-12H2,1-2H3;2*1H4. The van der Waals surface area contributed by atoms with Gasteiger partial charge < -0.3 is 0 Å². The van der Waals surface area contributed by atoms with Gasteiger partial charge in [0.05, 0.1) is 0 Å². The quantitative estimate of drug-likeness (QED) is 0.223. The Morgan fingerprint density at radius 1 is 0.385 bits per heavy atom. The summed E-state index contributed by atoms with van der Waals surface area (Å²) in [5.41, 5.74) is 0. The number of hydrogen-bond acceptors (Lipinski definition) is 0. The van der Waals surface area contributed by atoms with Gasteiger partial charge in [-0.05, 0) is 5.92 Å². The lowest BCUT2D eigenvalue weighted by Crippen LogP contribution is -1.87. The maximum Gasteiger partial charge on any atom is -0.0471 e. The normalized spacial score (nSPS) is 9.92. The third-order valence-corrected chi connectivity index (χ3v) is 4.84. The summed E-state index contributed by atoms with van der Waals surface area (Å²) in [5, 5.41) is 0. The van der Waals surface area contributed by atoms with E-state index in [1.54, 1.807) is 0 Å². The second-order valence-electron chi connectivity index (χ2n) is 8.13. The molecule has 164 valence electrons. The Morgan fingerprint density at radius 3 is 0.846 bits per heavy atom. The summed E-state index contributed by atoms with van der Waals surface area (Å²) in [5.74, 6) is 0.903. The first-order chi connectivity index (χ1) is 11.7. The summed E-state index contributed by atoms with van der Waals surface area (Å²) < 4.78 is 0. The molecule has 0 saturated heterocycles. The van der Waals surface area contributed by atoms with E-state index in [2.05, 4.69) is 34.6 Å². The molecule has 26 heavy (non-hydrogen) atoms. The molecule has 0 nitrogen and oxygen atoms in total. The molecule has 0 aromatic rings. The maximum atomic E-state index is 2.32. The summed E-state index contributed by atoms with van der Waals surface area (Å²) in [7, 11) is 0. The van der Waals surface area contributed by atoms with Gasteiger partial charge >= 0.3 is 0 Å². The summed E-state index contributed by atoms with van der Waals surface area (Å²) in [6, 6.07) is 0. The fourth-order valence-electron chi connectivity index (χ4n) is 3.07. The largest absolute Gasteiger partial charge is 0.0776 e. The molecule has 0 bridgehead atoms. The van der Waals surface area contributed by atoms with Crippen LogP contribution in [0.4, 0.5) is 0 Å². The minimum atomic E-state index is 0. The van der Waals surface area contributed by atoms with E-state index in [-0.39, 0.29) is 14.9 Å². The molecule has 0 N–H and O–H groups in total. The SMILES string of the molecule is C.C.CCCCCCCCCC(C)C.CCCCCCCCCCCC. The second kappa shape index (κ2) is 32.7. The Labute approximate surface area is 171 Å². The molecule has 0 heterocycles. The fraction of sp³-hybridized carbons (Fsp3) is 1.00. The van der Waals surface area contributed by atoms with Crippen LogP contribution in [0.15, 0.2) is 0 Å².